The third-order valence-corrected chi connectivity index (χ3v) is 3.93. The molecule has 0 spiro atoms. The van der Waals surface area contributed by atoms with Gasteiger partial charge in [0.15, 0.2) is 0 Å². The van der Waals surface area contributed by atoms with Gasteiger partial charge in [0, 0.05) is 25.2 Å². The topological polar surface area (TPSA) is 110 Å². The molecule has 1 aliphatic rings. The van der Waals surface area contributed by atoms with Crippen LogP contribution in [0.5, 0.6) is 0 Å². The summed E-state index contributed by atoms with van der Waals surface area (Å²) in [4.78, 5) is 23.5. The quantitative estimate of drug-likeness (QED) is 0.630. The summed E-state index contributed by atoms with van der Waals surface area (Å²) in [6, 6.07) is 4.01. The number of anilines is 1. The van der Waals surface area contributed by atoms with E-state index in [1.54, 1.807) is 11.9 Å². The lowest BCUT2D eigenvalue weighted by Crippen LogP contribution is -2.39. The molecule has 7 heteroatoms. The number of likely N-dealkylation sites (N-methyl/N-ethyl adjacent to an activating group) is 1. The molecule has 1 fully saturated rings. The Morgan fingerprint density at radius 1 is 1.48 bits per heavy atom. The lowest BCUT2D eigenvalue weighted by molar-refractivity contribution is -0.384. The van der Waals surface area contributed by atoms with E-state index in [1.807, 2.05) is 0 Å². The lowest BCUT2D eigenvalue weighted by Gasteiger charge is -2.29. The molecule has 114 valence electrons. The van der Waals surface area contributed by atoms with E-state index in [9.17, 15) is 20.0 Å². The fourth-order valence-corrected chi connectivity index (χ4v) is 2.85. The van der Waals surface area contributed by atoms with Gasteiger partial charge in [0.2, 0.25) is 5.91 Å². The number of hydrogen-bond donors (Lipinski definition) is 2. The predicted molar refractivity (Wildman–Crippen MR) is 78.3 cm³/mol. The number of benzene rings is 1. The second-order valence-electron chi connectivity index (χ2n) is 5.61. The van der Waals surface area contributed by atoms with Crippen molar-refractivity contribution in [1.82, 2.24) is 0 Å². The Labute approximate surface area is 122 Å². The van der Waals surface area contributed by atoms with E-state index in [0.29, 0.717) is 12.8 Å². The van der Waals surface area contributed by atoms with Crippen LogP contribution in [0, 0.1) is 10.1 Å². The normalized spacial score (nSPS) is 16.7. The zero-order chi connectivity index (χ0) is 15.6. The van der Waals surface area contributed by atoms with E-state index < -0.39 is 16.4 Å². The van der Waals surface area contributed by atoms with Crippen molar-refractivity contribution in [1.29, 1.82) is 0 Å². The number of hydrogen-bond acceptors (Lipinski definition) is 5. The van der Waals surface area contributed by atoms with E-state index in [-0.39, 0.29) is 23.5 Å². The Morgan fingerprint density at radius 3 is 2.62 bits per heavy atom. The molecule has 0 heterocycles. The molecule has 1 aromatic carbocycles. The van der Waals surface area contributed by atoms with E-state index in [4.69, 9.17) is 5.73 Å². The Balaban J connectivity index is 2.32. The predicted octanol–water partition coefficient (Wildman–Crippen LogP) is 1.43. The van der Waals surface area contributed by atoms with Crippen molar-refractivity contribution in [3.05, 3.63) is 33.9 Å². The molecule has 21 heavy (non-hydrogen) atoms. The molecule has 1 amide bonds. The number of carbonyl (C=O) groups excluding carboxylic acids is 1. The highest BCUT2D eigenvalue weighted by atomic mass is 16.6. The van der Waals surface area contributed by atoms with Crippen LogP contribution in [0.4, 0.5) is 11.4 Å². The van der Waals surface area contributed by atoms with E-state index >= 15 is 0 Å². The molecular formula is C14H19N3O4. The highest BCUT2D eigenvalue weighted by Gasteiger charge is 2.33. The molecular weight excluding hydrogens is 274 g/mol. The second-order valence-corrected chi connectivity index (χ2v) is 5.61. The first kappa shape index (κ1) is 15.2. The van der Waals surface area contributed by atoms with Crippen molar-refractivity contribution in [3.63, 3.8) is 0 Å². The van der Waals surface area contributed by atoms with E-state index in [1.165, 1.54) is 18.2 Å². The average Bonchev–Trinajstić information content (AvgIpc) is 2.84. The number of nitro groups is 1. The highest BCUT2D eigenvalue weighted by Crippen LogP contribution is 2.34. The third kappa shape index (κ3) is 3.30. The van der Waals surface area contributed by atoms with Crippen molar-refractivity contribution in [2.45, 2.75) is 31.3 Å². The van der Waals surface area contributed by atoms with Crippen LogP contribution < -0.4 is 10.6 Å². The summed E-state index contributed by atoms with van der Waals surface area (Å²) < 4.78 is 0. The van der Waals surface area contributed by atoms with Crippen LogP contribution in [0.15, 0.2) is 18.2 Å². The maximum Gasteiger partial charge on any atom is 0.292 e. The Bertz CT molecular complexity index is 567. The zero-order valence-electron chi connectivity index (χ0n) is 11.9. The van der Waals surface area contributed by atoms with Gasteiger partial charge in [-0.25, -0.2) is 0 Å². The molecule has 0 saturated heterocycles. The van der Waals surface area contributed by atoms with Gasteiger partial charge < -0.3 is 15.7 Å². The minimum atomic E-state index is -0.828. The minimum absolute atomic E-state index is 0.107. The van der Waals surface area contributed by atoms with Crippen LogP contribution in [0.25, 0.3) is 0 Å². The summed E-state index contributed by atoms with van der Waals surface area (Å²) >= 11 is 0. The second kappa shape index (κ2) is 5.69. The number of nitrogens with two attached hydrogens (primary N) is 1. The van der Waals surface area contributed by atoms with Crippen LogP contribution in [0.2, 0.25) is 0 Å². The summed E-state index contributed by atoms with van der Waals surface area (Å²) in [5, 5.41) is 21.6. The molecule has 0 radical (unpaired) electrons. The first-order chi connectivity index (χ1) is 9.82. The molecule has 1 aliphatic carbocycles. The minimum Gasteiger partial charge on any atom is -0.388 e. The summed E-state index contributed by atoms with van der Waals surface area (Å²) in [5.41, 5.74) is 4.78. The van der Waals surface area contributed by atoms with Gasteiger partial charge in [-0.3, -0.25) is 14.9 Å². The molecule has 1 saturated carbocycles. The fraction of sp³-hybridized carbons (Fsp3) is 0.500. The van der Waals surface area contributed by atoms with Gasteiger partial charge in [-0.2, -0.15) is 0 Å². The van der Waals surface area contributed by atoms with Gasteiger partial charge in [-0.05, 0) is 25.0 Å². The van der Waals surface area contributed by atoms with Gasteiger partial charge in [0.05, 0.1) is 10.5 Å². The Hall–Kier alpha value is -2.15. The van der Waals surface area contributed by atoms with Gasteiger partial charge >= 0.3 is 0 Å². The zero-order valence-corrected chi connectivity index (χ0v) is 11.9. The van der Waals surface area contributed by atoms with Crippen molar-refractivity contribution in [3.8, 4) is 0 Å². The van der Waals surface area contributed by atoms with Crippen LogP contribution in [0.3, 0.4) is 0 Å². The van der Waals surface area contributed by atoms with Crippen molar-refractivity contribution >= 4 is 17.3 Å². The molecule has 0 aliphatic heterocycles. The maximum atomic E-state index is 11.2. The van der Waals surface area contributed by atoms with Gasteiger partial charge in [-0.15, -0.1) is 0 Å². The molecule has 3 N–H and O–H groups in total. The van der Waals surface area contributed by atoms with E-state index in [0.717, 1.165) is 12.8 Å². The summed E-state index contributed by atoms with van der Waals surface area (Å²) in [5.74, 6) is -0.640. The smallest absolute Gasteiger partial charge is 0.292 e. The van der Waals surface area contributed by atoms with Crippen LogP contribution in [0.1, 0.15) is 36.0 Å². The molecule has 1 aromatic rings. The summed E-state index contributed by atoms with van der Waals surface area (Å²) in [6.07, 6.45) is 3.27. The molecule has 0 bridgehead atoms. The number of rotatable bonds is 5. The number of nitro benzene ring substituents is 1. The number of nitrogens with zero attached hydrogens (tertiary/aromatic N) is 2. The Morgan fingerprint density at radius 2 is 2.10 bits per heavy atom. The summed E-state index contributed by atoms with van der Waals surface area (Å²) in [6.45, 7) is 0.288. The number of amides is 1. The molecule has 7 nitrogen and oxygen atoms in total. The van der Waals surface area contributed by atoms with Gasteiger partial charge in [0.25, 0.3) is 5.69 Å². The number of carbonyl (C=O) groups is 1. The largest absolute Gasteiger partial charge is 0.388 e. The van der Waals surface area contributed by atoms with Crippen molar-refractivity contribution in [2.24, 2.45) is 5.73 Å². The molecule has 0 atom stereocenters. The number of aliphatic hydroxyl groups is 1. The van der Waals surface area contributed by atoms with Crippen molar-refractivity contribution in [2.75, 3.05) is 18.5 Å². The maximum absolute atomic E-state index is 11.2. The molecule has 0 unspecified atom stereocenters. The van der Waals surface area contributed by atoms with Crippen LogP contribution in [-0.2, 0) is 0 Å². The third-order valence-electron chi connectivity index (χ3n) is 3.93. The lowest BCUT2D eigenvalue weighted by atomic mass is 10.0. The van der Waals surface area contributed by atoms with E-state index in [2.05, 4.69) is 0 Å². The Kier molecular flexibility index (Phi) is 4.13. The average molecular weight is 293 g/mol. The van der Waals surface area contributed by atoms with Gasteiger partial charge in [0.1, 0.15) is 5.69 Å². The van der Waals surface area contributed by atoms with Crippen molar-refractivity contribution < 1.29 is 14.8 Å². The molecule has 0 aromatic heterocycles. The standard InChI is InChI=1S/C14H19N3O4/c1-16(9-14(19)6-2-3-7-14)12-8-10(13(15)18)4-5-11(12)17(20)21/h4-5,8,19H,2-3,6-7,9H2,1H3,(H2,15,18). The number of primary amides is 1. The van der Waals surface area contributed by atoms with Crippen LogP contribution in [-0.4, -0.2) is 35.1 Å². The first-order valence-corrected chi connectivity index (χ1v) is 6.84. The highest BCUT2D eigenvalue weighted by molar-refractivity contribution is 5.94. The SMILES string of the molecule is CN(CC1(O)CCCC1)c1cc(C(N)=O)ccc1[N+](=O)[O-]. The fourth-order valence-electron chi connectivity index (χ4n) is 2.85. The summed E-state index contributed by atoms with van der Waals surface area (Å²) in [7, 11) is 1.67. The van der Waals surface area contributed by atoms with Gasteiger partial charge in [-0.1, -0.05) is 12.8 Å². The van der Waals surface area contributed by atoms with Crippen LogP contribution >= 0.6 is 0 Å². The monoisotopic (exact) mass is 293 g/mol. The first-order valence-electron chi connectivity index (χ1n) is 6.84. The molecule has 2 rings (SSSR count).